The van der Waals surface area contributed by atoms with E-state index in [1.54, 1.807) is 12.4 Å². The summed E-state index contributed by atoms with van der Waals surface area (Å²) in [6.07, 6.45) is 4.35. The van der Waals surface area contributed by atoms with Crippen LogP contribution in [0, 0.1) is 6.92 Å². The van der Waals surface area contributed by atoms with Gasteiger partial charge in [-0.05, 0) is 38.6 Å². The van der Waals surface area contributed by atoms with Gasteiger partial charge in [0.15, 0.2) is 5.82 Å². The molecule has 0 saturated heterocycles. The highest BCUT2D eigenvalue weighted by molar-refractivity contribution is 5.56. The van der Waals surface area contributed by atoms with E-state index < -0.39 is 0 Å². The first kappa shape index (κ1) is 18.3. The van der Waals surface area contributed by atoms with E-state index in [4.69, 9.17) is 0 Å². The molecule has 0 aromatic carbocycles. The maximum Gasteiger partial charge on any atom is 0.163 e. The molecule has 1 unspecified atom stereocenters. The summed E-state index contributed by atoms with van der Waals surface area (Å²) < 4.78 is 0. The van der Waals surface area contributed by atoms with Crippen molar-refractivity contribution in [3.63, 3.8) is 0 Å². The van der Waals surface area contributed by atoms with Crippen LogP contribution in [0.2, 0.25) is 0 Å². The Morgan fingerprint density at radius 1 is 1.25 bits per heavy atom. The zero-order chi connectivity index (χ0) is 17.4. The number of hydrogen-bond acceptors (Lipinski definition) is 6. The van der Waals surface area contributed by atoms with E-state index in [1.807, 2.05) is 25.1 Å². The third kappa shape index (κ3) is 5.25. The minimum Gasteiger partial charge on any atom is -0.394 e. The van der Waals surface area contributed by atoms with E-state index in [2.05, 4.69) is 39.0 Å². The minimum absolute atomic E-state index is 0.0263. The van der Waals surface area contributed by atoms with Crippen molar-refractivity contribution in [2.45, 2.75) is 33.2 Å². The number of hydrogen-bond donors (Lipinski definition) is 2. The van der Waals surface area contributed by atoms with E-state index in [1.165, 1.54) is 0 Å². The summed E-state index contributed by atoms with van der Waals surface area (Å²) in [7, 11) is 0. The molecule has 2 aromatic heterocycles. The van der Waals surface area contributed by atoms with Gasteiger partial charge in [0.1, 0.15) is 5.82 Å². The lowest BCUT2D eigenvalue weighted by Crippen LogP contribution is -2.32. The molecule has 2 N–H and O–H groups in total. The highest BCUT2D eigenvalue weighted by atomic mass is 16.3. The molecular formula is C18H27N5O. The summed E-state index contributed by atoms with van der Waals surface area (Å²) >= 11 is 0. The minimum atomic E-state index is -0.0263. The molecule has 2 heterocycles. The Hall–Kier alpha value is -2.05. The number of nitrogens with one attached hydrogen (secondary N) is 1. The van der Waals surface area contributed by atoms with Crippen LogP contribution in [0.25, 0.3) is 11.4 Å². The van der Waals surface area contributed by atoms with E-state index in [-0.39, 0.29) is 12.6 Å². The molecule has 0 spiro atoms. The second-order valence-corrected chi connectivity index (χ2v) is 5.80. The molecule has 6 heteroatoms. The number of aliphatic hydroxyl groups excluding tert-OH is 1. The molecule has 1 atom stereocenters. The van der Waals surface area contributed by atoms with E-state index in [9.17, 15) is 5.11 Å². The van der Waals surface area contributed by atoms with Crippen LogP contribution in [0.5, 0.6) is 0 Å². The second kappa shape index (κ2) is 9.30. The predicted molar refractivity (Wildman–Crippen MR) is 96.9 cm³/mol. The lowest BCUT2D eigenvalue weighted by Gasteiger charge is -2.23. The van der Waals surface area contributed by atoms with Gasteiger partial charge in [-0.25, -0.2) is 9.97 Å². The Morgan fingerprint density at radius 3 is 2.67 bits per heavy atom. The van der Waals surface area contributed by atoms with Crippen molar-refractivity contribution < 1.29 is 5.11 Å². The van der Waals surface area contributed by atoms with Gasteiger partial charge in [0.05, 0.1) is 12.6 Å². The van der Waals surface area contributed by atoms with Crippen LogP contribution < -0.4 is 5.32 Å². The van der Waals surface area contributed by atoms with Crippen LogP contribution in [-0.4, -0.2) is 57.2 Å². The van der Waals surface area contributed by atoms with Crippen LogP contribution in [0.1, 0.15) is 26.0 Å². The fraction of sp³-hybridized carbons (Fsp3) is 0.500. The van der Waals surface area contributed by atoms with Crippen molar-refractivity contribution in [3.05, 3.63) is 36.3 Å². The molecule has 0 amide bonds. The molecule has 0 fully saturated rings. The van der Waals surface area contributed by atoms with Crippen molar-refractivity contribution in [3.8, 4) is 11.4 Å². The fourth-order valence-corrected chi connectivity index (χ4v) is 2.56. The molecule has 6 nitrogen and oxygen atoms in total. The lowest BCUT2D eigenvalue weighted by atomic mass is 10.2. The quantitative estimate of drug-likeness (QED) is 0.736. The van der Waals surface area contributed by atoms with Gasteiger partial charge in [-0.1, -0.05) is 13.8 Å². The van der Waals surface area contributed by atoms with Gasteiger partial charge in [0.25, 0.3) is 0 Å². The number of aryl methyl sites for hydroxylation is 1. The van der Waals surface area contributed by atoms with Crippen molar-refractivity contribution in [1.82, 2.24) is 19.9 Å². The molecule has 2 rings (SSSR count). The Kier molecular flexibility index (Phi) is 7.08. The van der Waals surface area contributed by atoms with Crippen molar-refractivity contribution in [2.24, 2.45) is 0 Å². The van der Waals surface area contributed by atoms with Gasteiger partial charge in [0, 0.05) is 36.3 Å². The maximum absolute atomic E-state index is 9.67. The van der Waals surface area contributed by atoms with Crippen molar-refractivity contribution in [1.29, 1.82) is 0 Å². The molecular weight excluding hydrogens is 302 g/mol. The second-order valence-electron chi connectivity index (χ2n) is 5.80. The monoisotopic (exact) mass is 329 g/mol. The smallest absolute Gasteiger partial charge is 0.163 e. The molecule has 0 radical (unpaired) electrons. The predicted octanol–water partition coefficient (Wildman–Crippen LogP) is 2.35. The number of rotatable bonds is 9. The summed E-state index contributed by atoms with van der Waals surface area (Å²) in [5.41, 5.74) is 1.76. The lowest BCUT2D eigenvalue weighted by molar-refractivity contribution is 0.240. The average molecular weight is 329 g/mol. The maximum atomic E-state index is 9.67. The molecule has 0 aliphatic carbocycles. The summed E-state index contributed by atoms with van der Waals surface area (Å²) in [4.78, 5) is 15.5. The third-order valence-corrected chi connectivity index (χ3v) is 4.03. The first-order valence-electron chi connectivity index (χ1n) is 8.52. The molecule has 130 valence electrons. The van der Waals surface area contributed by atoms with Gasteiger partial charge in [-0.15, -0.1) is 0 Å². The van der Waals surface area contributed by atoms with Gasteiger partial charge in [-0.2, -0.15) is 0 Å². The van der Waals surface area contributed by atoms with Crippen LogP contribution >= 0.6 is 0 Å². The number of aromatic nitrogens is 3. The Morgan fingerprint density at radius 2 is 2.04 bits per heavy atom. The molecule has 2 aromatic rings. The fourth-order valence-electron chi connectivity index (χ4n) is 2.56. The number of anilines is 1. The van der Waals surface area contributed by atoms with Gasteiger partial charge < -0.3 is 15.3 Å². The van der Waals surface area contributed by atoms with Gasteiger partial charge in [0.2, 0.25) is 0 Å². The Balaban J connectivity index is 2.09. The van der Waals surface area contributed by atoms with E-state index in [0.29, 0.717) is 5.82 Å². The van der Waals surface area contributed by atoms with Crippen LogP contribution in [0.15, 0.2) is 30.6 Å². The number of nitrogens with zero attached hydrogens (tertiary/aromatic N) is 4. The zero-order valence-corrected chi connectivity index (χ0v) is 14.7. The average Bonchev–Trinajstić information content (AvgIpc) is 2.61. The largest absolute Gasteiger partial charge is 0.394 e. The van der Waals surface area contributed by atoms with E-state index >= 15 is 0 Å². The van der Waals surface area contributed by atoms with Crippen LogP contribution in [-0.2, 0) is 0 Å². The zero-order valence-electron chi connectivity index (χ0n) is 14.7. The normalized spacial score (nSPS) is 12.4. The molecule has 0 saturated carbocycles. The SMILES string of the molecule is CCN(CC)CCC(CO)Nc1cc(C)nc(-c2cccnc2)n1. The van der Waals surface area contributed by atoms with Crippen LogP contribution in [0.4, 0.5) is 5.82 Å². The Bertz CT molecular complexity index is 616. The van der Waals surface area contributed by atoms with Crippen LogP contribution in [0.3, 0.4) is 0 Å². The van der Waals surface area contributed by atoms with Crippen molar-refractivity contribution >= 4 is 5.82 Å². The summed E-state index contributed by atoms with van der Waals surface area (Å²) in [6.45, 7) is 9.31. The molecule has 0 aliphatic heterocycles. The third-order valence-electron chi connectivity index (χ3n) is 4.03. The summed E-state index contributed by atoms with van der Waals surface area (Å²) in [6, 6.07) is 5.69. The first-order valence-corrected chi connectivity index (χ1v) is 8.52. The van der Waals surface area contributed by atoms with Gasteiger partial charge >= 0.3 is 0 Å². The number of pyridine rings is 1. The number of aliphatic hydroxyl groups is 1. The summed E-state index contributed by atoms with van der Waals surface area (Å²) in [5.74, 6) is 1.38. The standard InChI is InChI=1S/C18H27N5O/c1-4-23(5-2)10-8-16(13-24)21-17-11-14(3)20-18(22-17)15-7-6-9-19-12-15/h6-7,9,11-12,16,24H,4-5,8,10,13H2,1-3H3,(H,20,21,22). The molecule has 0 bridgehead atoms. The van der Waals surface area contributed by atoms with Crippen molar-refractivity contribution in [2.75, 3.05) is 31.6 Å². The highest BCUT2D eigenvalue weighted by Crippen LogP contribution is 2.17. The summed E-state index contributed by atoms with van der Waals surface area (Å²) in [5, 5.41) is 13.0. The molecule has 24 heavy (non-hydrogen) atoms. The van der Waals surface area contributed by atoms with E-state index in [0.717, 1.165) is 43.1 Å². The van der Waals surface area contributed by atoms with Gasteiger partial charge in [-0.3, -0.25) is 4.98 Å². The first-order chi connectivity index (χ1) is 11.7. The highest BCUT2D eigenvalue weighted by Gasteiger charge is 2.12. The molecule has 0 aliphatic rings. The Labute approximate surface area is 144 Å². The topological polar surface area (TPSA) is 74.2 Å².